The zero-order valence-electron chi connectivity index (χ0n) is 11.7. The minimum absolute atomic E-state index is 0.0700. The third-order valence-corrected chi connectivity index (χ3v) is 2.96. The Labute approximate surface area is 116 Å². The number of carbonyl (C=O) groups excluding carboxylic acids is 1. The second kappa shape index (κ2) is 5.38. The van der Waals surface area contributed by atoms with E-state index in [0.717, 1.165) is 0 Å². The third kappa shape index (κ3) is 3.18. The van der Waals surface area contributed by atoms with Crippen molar-refractivity contribution >= 4 is 5.91 Å². The second-order valence-electron chi connectivity index (χ2n) is 4.90. The molecule has 0 radical (unpaired) electrons. The van der Waals surface area contributed by atoms with E-state index in [1.807, 2.05) is 0 Å². The fraction of sp³-hybridized carbons (Fsp3) is 0.385. The molecule has 0 fully saturated rings. The first kappa shape index (κ1) is 14.1. The van der Waals surface area contributed by atoms with Crippen LogP contribution in [0.3, 0.4) is 0 Å². The molecular weight excluding hydrogens is 258 g/mol. The molecule has 2 N–H and O–H groups in total. The van der Waals surface area contributed by atoms with Crippen LogP contribution >= 0.6 is 0 Å². The third-order valence-electron chi connectivity index (χ3n) is 2.96. The molecule has 2 rings (SSSR count). The van der Waals surface area contributed by atoms with E-state index in [1.165, 1.54) is 6.33 Å². The molecule has 1 unspecified atom stereocenters. The maximum Gasteiger partial charge on any atom is 0.270 e. The highest BCUT2D eigenvalue weighted by atomic mass is 16.3. The lowest BCUT2D eigenvalue weighted by molar-refractivity contribution is 0.0524. The molecule has 1 atom stereocenters. The fourth-order valence-corrected chi connectivity index (χ4v) is 1.72. The van der Waals surface area contributed by atoms with Gasteiger partial charge in [0.2, 0.25) is 0 Å². The largest absolute Gasteiger partial charge is 0.383 e. The van der Waals surface area contributed by atoms with Crippen LogP contribution in [0.5, 0.6) is 0 Å². The lowest BCUT2D eigenvalue weighted by Crippen LogP contribution is -2.38. The Kier molecular flexibility index (Phi) is 3.80. The summed E-state index contributed by atoms with van der Waals surface area (Å²) in [5.74, 6) is -0.348. The summed E-state index contributed by atoms with van der Waals surface area (Å²) in [6.07, 6.45) is 4.62. The average molecular weight is 275 g/mol. The van der Waals surface area contributed by atoms with Crippen molar-refractivity contribution in [2.75, 3.05) is 6.54 Å². The predicted molar refractivity (Wildman–Crippen MR) is 71.9 cm³/mol. The van der Waals surface area contributed by atoms with Gasteiger partial charge in [-0.1, -0.05) is 0 Å². The predicted octanol–water partition coefficient (Wildman–Crippen LogP) is 0.156. The normalized spacial score (nSPS) is 13.8. The lowest BCUT2D eigenvalue weighted by Gasteiger charge is -2.22. The molecule has 0 saturated heterocycles. The van der Waals surface area contributed by atoms with E-state index in [4.69, 9.17) is 0 Å². The highest BCUT2D eigenvalue weighted by Crippen LogP contribution is 2.18. The van der Waals surface area contributed by atoms with E-state index >= 15 is 0 Å². The van der Waals surface area contributed by atoms with Gasteiger partial charge in [0.25, 0.3) is 5.91 Å². The summed E-state index contributed by atoms with van der Waals surface area (Å²) in [6.45, 7) is 3.47. The Morgan fingerprint density at radius 3 is 2.85 bits per heavy atom. The van der Waals surface area contributed by atoms with Crippen molar-refractivity contribution in [3.63, 3.8) is 0 Å². The van der Waals surface area contributed by atoms with Gasteiger partial charge in [-0.05, 0) is 19.9 Å². The van der Waals surface area contributed by atoms with Gasteiger partial charge in [-0.2, -0.15) is 5.10 Å². The number of aliphatic hydroxyl groups is 1. The van der Waals surface area contributed by atoms with E-state index in [-0.39, 0.29) is 18.1 Å². The monoisotopic (exact) mass is 275 g/mol. The van der Waals surface area contributed by atoms with Crippen molar-refractivity contribution in [1.29, 1.82) is 0 Å². The Morgan fingerprint density at radius 2 is 2.25 bits per heavy atom. The fourth-order valence-electron chi connectivity index (χ4n) is 1.72. The van der Waals surface area contributed by atoms with Gasteiger partial charge in [-0.15, -0.1) is 0 Å². The van der Waals surface area contributed by atoms with Crippen LogP contribution in [0.4, 0.5) is 0 Å². The van der Waals surface area contributed by atoms with Crippen LogP contribution in [-0.4, -0.2) is 37.3 Å². The molecule has 2 heterocycles. The molecule has 0 saturated carbocycles. The molecule has 0 aromatic carbocycles. The first-order valence-corrected chi connectivity index (χ1v) is 6.17. The van der Waals surface area contributed by atoms with Crippen molar-refractivity contribution in [2.45, 2.75) is 19.4 Å². The Bertz CT molecular complexity index is 621. The zero-order chi connectivity index (χ0) is 14.8. The molecule has 20 heavy (non-hydrogen) atoms. The second-order valence-corrected chi connectivity index (χ2v) is 4.90. The minimum Gasteiger partial charge on any atom is -0.383 e. The Morgan fingerprint density at radius 1 is 1.50 bits per heavy atom. The number of aryl methyl sites for hydroxylation is 2. The topological polar surface area (TPSA) is 92.9 Å². The standard InChI is InChI=1S/C13H17N5O2/c1-9-4-11(16-8-15-9)12(19)14-7-13(2,20)10-5-17-18(3)6-10/h4-6,8,20H,7H2,1-3H3,(H,14,19). The van der Waals surface area contributed by atoms with Gasteiger partial charge in [0.1, 0.15) is 17.6 Å². The maximum absolute atomic E-state index is 11.9. The molecular formula is C13H17N5O2. The van der Waals surface area contributed by atoms with Crippen LogP contribution in [0, 0.1) is 6.92 Å². The van der Waals surface area contributed by atoms with E-state index in [2.05, 4.69) is 20.4 Å². The summed E-state index contributed by atoms with van der Waals surface area (Å²) in [6, 6.07) is 1.59. The summed E-state index contributed by atoms with van der Waals surface area (Å²) >= 11 is 0. The van der Waals surface area contributed by atoms with Gasteiger partial charge in [0, 0.05) is 24.5 Å². The van der Waals surface area contributed by atoms with E-state index in [9.17, 15) is 9.90 Å². The molecule has 2 aromatic rings. The van der Waals surface area contributed by atoms with Crippen molar-refractivity contribution in [2.24, 2.45) is 7.05 Å². The quantitative estimate of drug-likeness (QED) is 0.829. The van der Waals surface area contributed by atoms with Crippen molar-refractivity contribution in [1.82, 2.24) is 25.1 Å². The smallest absolute Gasteiger partial charge is 0.270 e. The van der Waals surface area contributed by atoms with Gasteiger partial charge in [0.05, 0.1) is 12.7 Å². The van der Waals surface area contributed by atoms with Gasteiger partial charge in [-0.25, -0.2) is 9.97 Å². The molecule has 7 nitrogen and oxygen atoms in total. The van der Waals surface area contributed by atoms with Crippen molar-refractivity contribution in [3.8, 4) is 0 Å². The molecule has 1 amide bonds. The summed E-state index contributed by atoms with van der Waals surface area (Å²) in [5.41, 5.74) is 0.439. The molecule has 0 aliphatic rings. The van der Waals surface area contributed by atoms with Crippen molar-refractivity contribution < 1.29 is 9.90 Å². The Balaban J connectivity index is 2.03. The summed E-state index contributed by atoms with van der Waals surface area (Å²) in [7, 11) is 1.77. The van der Waals surface area contributed by atoms with Gasteiger partial charge < -0.3 is 10.4 Å². The molecule has 2 aromatic heterocycles. The minimum atomic E-state index is -1.19. The van der Waals surface area contributed by atoms with Gasteiger partial charge in [0.15, 0.2) is 0 Å². The number of hydrogen-bond donors (Lipinski definition) is 2. The maximum atomic E-state index is 11.9. The molecule has 0 spiro atoms. The summed E-state index contributed by atoms with van der Waals surface area (Å²) < 4.78 is 1.60. The molecule has 106 valence electrons. The number of aromatic nitrogens is 4. The Hall–Kier alpha value is -2.28. The lowest BCUT2D eigenvalue weighted by atomic mass is 10.00. The number of hydrogen-bond acceptors (Lipinski definition) is 5. The van der Waals surface area contributed by atoms with Crippen molar-refractivity contribution in [3.05, 3.63) is 41.7 Å². The van der Waals surface area contributed by atoms with Crippen LogP contribution in [-0.2, 0) is 12.6 Å². The van der Waals surface area contributed by atoms with E-state index < -0.39 is 5.60 Å². The van der Waals surface area contributed by atoms with Crippen LogP contribution < -0.4 is 5.32 Å². The number of nitrogens with zero attached hydrogens (tertiary/aromatic N) is 4. The molecule has 0 aliphatic carbocycles. The molecule has 7 heteroatoms. The van der Waals surface area contributed by atoms with E-state index in [0.29, 0.717) is 11.3 Å². The number of rotatable bonds is 4. The number of carbonyl (C=O) groups is 1. The van der Waals surface area contributed by atoms with Crippen LogP contribution in [0.1, 0.15) is 28.7 Å². The number of amides is 1. The highest BCUT2D eigenvalue weighted by Gasteiger charge is 2.25. The first-order chi connectivity index (χ1) is 9.38. The first-order valence-electron chi connectivity index (χ1n) is 6.17. The average Bonchev–Trinajstić information content (AvgIpc) is 2.83. The van der Waals surface area contributed by atoms with Gasteiger partial charge >= 0.3 is 0 Å². The molecule has 0 aliphatic heterocycles. The molecule has 0 bridgehead atoms. The van der Waals surface area contributed by atoms with Gasteiger partial charge in [-0.3, -0.25) is 9.48 Å². The number of nitrogens with one attached hydrogen (secondary N) is 1. The van der Waals surface area contributed by atoms with E-state index in [1.54, 1.807) is 44.0 Å². The van der Waals surface area contributed by atoms with Crippen LogP contribution in [0.15, 0.2) is 24.8 Å². The SMILES string of the molecule is Cc1cc(C(=O)NCC(C)(O)c2cnn(C)c2)ncn1. The van der Waals surface area contributed by atoms with Crippen LogP contribution in [0.25, 0.3) is 0 Å². The summed E-state index contributed by atoms with van der Waals surface area (Å²) in [5, 5.41) is 17.0. The summed E-state index contributed by atoms with van der Waals surface area (Å²) in [4.78, 5) is 19.8. The highest BCUT2D eigenvalue weighted by molar-refractivity contribution is 5.92. The van der Waals surface area contributed by atoms with Crippen LogP contribution in [0.2, 0.25) is 0 Å². The zero-order valence-corrected chi connectivity index (χ0v) is 11.7.